The largest absolute Gasteiger partial charge is 0.496 e. The van der Waals surface area contributed by atoms with Crippen LogP contribution >= 0.6 is 11.6 Å². The lowest BCUT2D eigenvalue weighted by Gasteiger charge is -2.44. The van der Waals surface area contributed by atoms with Gasteiger partial charge in [0.05, 0.1) is 23.8 Å². The van der Waals surface area contributed by atoms with E-state index >= 15 is 4.39 Å². The number of rotatable bonds is 11. The summed E-state index contributed by atoms with van der Waals surface area (Å²) in [6, 6.07) is 12.0. The van der Waals surface area contributed by atoms with Crippen molar-refractivity contribution in [3.63, 3.8) is 0 Å². The van der Waals surface area contributed by atoms with Crippen molar-refractivity contribution < 1.29 is 42.1 Å². The molecule has 0 radical (unpaired) electrons. The summed E-state index contributed by atoms with van der Waals surface area (Å²) in [6.07, 6.45) is -4.93. The van der Waals surface area contributed by atoms with Gasteiger partial charge in [0.15, 0.2) is 0 Å². The maximum atomic E-state index is 15.0. The number of amides is 2. The minimum atomic E-state index is -4.67. The number of halogens is 5. The Labute approximate surface area is 269 Å². The SMILES string of the molecule is CNCc1ccc(C(=O)N2CCC[C@@H]([C@@](O)(CCCNC(=O)O)c3cccc(Cl)c3-c3cc(C(F)(F)F)ccc3OC)C2)c(F)c1. The molecule has 248 valence electrons. The van der Waals surface area contributed by atoms with Gasteiger partial charge in [0.2, 0.25) is 0 Å². The van der Waals surface area contributed by atoms with Crippen molar-refractivity contribution in [1.82, 2.24) is 15.5 Å². The lowest BCUT2D eigenvalue weighted by Crippen LogP contribution is -2.48. The fraction of sp³-hybridized carbons (Fsp3) is 0.394. The van der Waals surface area contributed by atoms with E-state index in [1.807, 2.05) is 0 Å². The summed E-state index contributed by atoms with van der Waals surface area (Å²) in [5, 5.41) is 27.0. The number of ether oxygens (including phenoxy) is 1. The van der Waals surface area contributed by atoms with Gasteiger partial charge in [0, 0.05) is 48.2 Å². The number of aliphatic hydroxyl groups is 1. The van der Waals surface area contributed by atoms with Crippen LogP contribution < -0.4 is 15.4 Å². The highest BCUT2D eigenvalue weighted by molar-refractivity contribution is 6.33. The minimum absolute atomic E-state index is 0.00504. The summed E-state index contributed by atoms with van der Waals surface area (Å²) in [5.74, 6) is -1.81. The van der Waals surface area contributed by atoms with E-state index in [9.17, 15) is 27.9 Å². The third-order valence-corrected chi connectivity index (χ3v) is 8.63. The molecule has 4 rings (SSSR count). The number of carbonyl (C=O) groups is 2. The molecule has 2 atom stereocenters. The smallest absolute Gasteiger partial charge is 0.416 e. The van der Waals surface area contributed by atoms with E-state index in [1.165, 1.54) is 36.3 Å². The maximum Gasteiger partial charge on any atom is 0.416 e. The normalized spacial score (nSPS) is 16.5. The monoisotopic (exact) mass is 665 g/mol. The summed E-state index contributed by atoms with van der Waals surface area (Å²) in [5.41, 5.74) is -1.87. The van der Waals surface area contributed by atoms with E-state index in [0.29, 0.717) is 31.5 Å². The van der Waals surface area contributed by atoms with Gasteiger partial charge < -0.3 is 30.5 Å². The zero-order valence-electron chi connectivity index (χ0n) is 25.4. The molecule has 1 aliphatic rings. The van der Waals surface area contributed by atoms with Crippen LogP contribution in [-0.4, -0.2) is 60.9 Å². The second-order valence-corrected chi connectivity index (χ2v) is 11.7. The molecule has 2 amide bonds. The Morgan fingerprint density at radius 2 is 1.89 bits per heavy atom. The van der Waals surface area contributed by atoms with Crippen LogP contribution in [0.1, 0.15) is 52.7 Å². The quantitative estimate of drug-likeness (QED) is 0.134. The molecule has 46 heavy (non-hydrogen) atoms. The Kier molecular flexibility index (Phi) is 11.2. The Balaban J connectivity index is 1.79. The van der Waals surface area contributed by atoms with Gasteiger partial charge in [-0.25, -0.2) is 9.18 Å². The van der Waals surface area contributed by atoms with Crippen LogP contribution in [0.2, 0.25) is 5.02 Å². The van der Waals surface area contributed by atoms with Gasteiger partial charge in [0.1, 0.15) is 11.6 Å². The molecule has 8 nitrogen and oxygen atoms in total. The third-order valence-electron chi connectivity index (χ3n) is 8.32. The molecule has 4 N–H and O–H groups in total. The highest BCUT2D eigenvalue weighted by Gasteiger charge is 2.44. The molecule has 0 saturated carbocycles. The van der Waals surface area contributed by atoms with Crippen LogP contribution in [0.4, 0.5) is 22.4 Å². The highest BCUT2D eigenvalue weighted by atomic mass is 35.5. The zero-order valence-corrected chi connectivity index (χ0v) is 26.1. The van der Waals surface area contributed by atoms with Gasteiger partial charge in [-0.2, -0.15) is 13.2 Å². The van der Waals surface area contributed by atoms with Crippen LogP contribution in [-0.2, 0) is 18.3 Å². The Hall–Kier alpha value is -3.87. The standard InChI is InChI=1S/C33H36ClF4N3O5/c1-39-18-20-9-11-23(27(35)16-20)30(42)41-15-4-6-22(19-41)32(45,13-5-14-40-31(43)44)25-7-3-8-26(34)29(25)24-17-21(33(36,37)38)10-12-28(24)46-2/h3,7-12,16-17,22,39-40,45H,4-6,13-15,18-19H2,1-2H3,(H,43,44)/t22-,32+/m1/s1. The van der Waals surface area contributed by atoms with Crippen LogP contribution in [0.5, 0.6) is 5.75 Å². The van der Waals surface area contributed by atoms with Crippen LogP contribution in [0.25, 0.3) is 11.1 Å². The predicted octanol–water partition coefficient (Wildman–Crippen LogP) is 6.68. The molecule has 1 saturated heterocycles. The number of likely N-dealkylation sites (tertiary alicyclic amines) is 1. The van der Waals surface area contributed by atoms with Gasteiger partial charge in [-0.15, -0.1) is 0 Å². The summed E-state index contributed by atoms with van der Waals surface area (Å²) < 4.78 is 61.9. The number of hydrogen-bond acceptors (Lipinski definition) is 5. The Morgan fingerprint density at radius 3 is 2.54 bits per heavy atom. The molecule has 0 bridgehead atoms. The highest BCUT2D eigenvalue weighted by Crippen LogP contribution is 2.48. The summed E-state index contributed by atoms with van der Waals surface area (Å²) in [6.45, 7) is 0.707. The second-order valence-electron chi connectivity index (χ2n) is 11.3. The molecule has 1 fully saturated rings. The van der Waals surface area contributed by atoms with Gasteiger partial charge in [-0.3, -0.25) is 4.79 Å². The van der Waals surface area contributed by atoms with E-state index in [0.717, 1.165) is 12.1 Å². The first-order chi connectivity index (χ1) is 21.8. The fourth-order valence-electron chi connectivity index (χ4n) is 6.12. The number of piperidine rings is 1. The van der Waals surface area contributed by atoms with Crippen molar-refractivity contribution >= 4 is 23.6 Å². The molecule has 1 aliphatic heterocycles. The third kappa shape index (κ3) is 7.73. The average Bonchev–Trinajstić information content (AvgIpc) is 3.02. The first kappa shape index (κ1) is 35.0. The van der Waals surface area contributed by atoms with Crippen molar-refractivity contribution in [2.24, 2.45) is 5.92 Å². The van der Waals surface area contributed by atoms with Gasteiger partial charge in [-0.1, -0.05) is 29.8 Å². The Morgan fingerprint density at radius 1 is 1.13 bits per heavy atom. The van der Waals surface area contributed by atoms with Gasteiger partial charge >= 0.3 is 12.3 Å². The van der Waals surface area contributed by atoms with Gasteiger partial charge in [0.25, 0.3) is 5.91 Å². The van der Waals surface area contributed by atoms with Crippen molar-refractivity contribution in [3.05, 3.63) is 87.7 Å². The average molecular weight is 666 g/mol. The summed E-state index contributed by atoms with van der Waals surface area (Å²) in [7, 11) is 3.03. The second kappa shape index (κ2) is 14.7. The van der Waals surface area contributed by atoms with E-state index in [-0.39, 0.29) is 59.0 Å². The zero-order chi connectivity index (χ0) is 33.6. The maximum absolute atomic E-state index is 15.0. The molecule has 1 heterocycles. The lowest BCUT2D eigenvalue weighted by molar-refractivity contribution is -0.137. The van der Waals surface area contributed by atoms with E-state index in [4.69, 9.17) is 21.4 Å². The topological polar surface area (TPSA) is 111 Å². The van der Waals surface area contributed by atoms with Crippen LogP contribution in [0, 0.1) is 11.7 Å². The van der Waals surface area contributed by atoms with Crippen molar-refractivity contribution in [2.75, 3.05) is 33.8 Å². The molecule has 0 unspecified atom stereocenters. The van der Waals surface area contributed by atoms with E-state index in [1.54, 1.807) is 25.2 Å². The first-order valence-electron chi connectivity index (χ1n) is 14.8. The minimum Gasteiger partial charge on any atom is -0.496 e. The molecular formula is C33H36ClF4N3O5. The first-order valence-corrected chi connectivity index (χ1v) is 15.1. The van der Waals surface area contributed by atoms with Crippen LogP contribution in [0.15, 0.2) is 54.6 Å². The van der Waals surface area contributed by atoms with Crippen molar-refractivity contribution in [3.8, 4) is 16.9 Å². The molecule has 3 aromatic carbocycles. The number of carboxylic acid groups (broad SMARTS) is 1. The number of carbonyl (C=O) groups excluding carboxylic acids is 1. The predicted molar refractivity (Wildman–Crippen MR) is 165 cm³/mol. The van der Waals surface area contributed by atoms with E-state index in [2.05, 4.69) is 10.6 Å². The molecule has 0 aromatic heterocycles. The molecule has 0 aliphatic carbocycles. The number of hydrogen-bond donors (Lipinski definition) is 4. The van der Waals surface area contributed by atoms with E-state index < -0.39 is 41.1 Å². The van der Waals surface area contributed by atoms with Crippen molar-refractivity contribution in [1.29, 1.82) is 0 Å². The molecule has 13 heteroatoms. The van der Waals surface area contributed by atoms with Gasteiger partial charge in [-0.05, 0) is 80.3 Å². The molecule has 3 aromatic rings. The lowest BCUT2D eigenvalue weighted by atomic mass is 9.72. The van der Waals surface area contributed by atoms with Crippen molar-refractivity contribution in [2.45, 2.75) is 44.0 Å². The summed E-state index contributed by atoms with van der Waals surface area (Å²) in [4.78, 5) is 26.1. The number of nitrogens with zero attached hydrogens (tertiary/aromatic N) is 1. The number of methoxy groups -OCH3 is 1. The molecule has 0 spiro atoms. The number of nitrogens with one attached hydrogen (secondary N) is 2. The Bertz CT molecular complexity index is 1570. The molecular weight excluding hydrogens is 630 g/mol. The number of alkyl halides is 3. The number of benzene rings is 3. The fourth-order valence-corrected chi connectivity index (χ4v) is 6.39. The van der Waals surface area contributed by atoms with Crippen LogP contribution in [0.3, 0.4) is 0 Å². The summed E-state index contributed by atoms with van der Waals surface area (Å²) >= 11 is 6.67.